The fourth-order valence-electron chi connectivity index (χ4n) is 1.14. The van der Waals surface area contributed by atoms with E-state index in [1.807, 2.05) is 13.8 Å². The Hall–Kier alpha value is -0.0200. The van der Waals surface area contributed by atoms with Crippen molar-refractivity contribution in [3.8, 4) is 11.5 Å². The molecule has 2 nitrogen and oxygen atoms in total. The quantitative estimate of drug-likeness (QED) is 0.569. The molecule has 0 atom stereocenters. The van der Waals surface area contributed by atoms with Crippen LogP contribution in [0.4, 0.5) is 0 Å². The molecular weight excluding hydrogens is 294 g/mol. The molecule has 0 fully saturated rings. The maximum Gasteiger partial charge on any atom is 0.182 e. The van der Waals surface area contributed by atoms with Crippen LogP contribution in [0, 0.1) is 0 Å². The number of hydrogen-bond acceptors (Lipinski definition) is 2. The summed E-state index contributed by atoms with van der Waals surface area (Å²) < 4.78 is 10.7. The van der Waals surface area contributed by atoms with Crippen molar-refractivity contribution < 1.29 is 9.47 Å². The van der Waals surface area contributed by atoms with E-state index >= 15 is 0 Å². The third-order valence-corrected chi connectivity index (χ3v) is 3.53. The highest BCUT2D eigenvalue weighted by atomic mass is 35.5. The average Bonchev–Trinajstić information content (AvgIpc) is 2.28. The van der Waals surface area contributed by atoms with Gasteiger partial charge in [0.1, 0.15) is 10.0 Å². The fraction of sp³-hybridized carbons (Fsp3) is 0.400. The highest BCUT2D eigenvalue weighted by Crippen LogP contribution is 2.50. The second-order valence-corrected chi connectivity index (χ2v) is 4.29. The van der Waals surface area contributed by atoms with Crippen LogP contribution in [-0.4, -0.2) is 13.2 Å². The molecule has 16 heavy (non-hydrogen) atoms. The van der Waals surface area contributed by atoms with E-state index in [-0.39, 0.29) is 20.1 Å². The lowest BCUT2D eigenvalue weighted by molar-refractivity contribution is 0.288. The van der Waals surface area contributed by atoms with Crippen molar-refractivity contribution in [2.75, 3.05) is 13.2 Å². The van der Waals surface area contributed by atoms with Gasteiger partial charge in [-0.25, -0.2) is 0 Å². The summed E-state index contributed by atoms with van der Waals surface area (Å²) in [5.41, 5.74) is 0. The molecule has 0 amide bonds. The van der Waals surface area contributed by atoms with Crippen LogP contribution < -0.4 is 9.47 Å². The second kappa shape index (κ2) is 6.06. The summed E-state index contributed by atoms with van der Waals surface area (Å²) >= 11 is 23.8. The Balaban J connectivity index is 3.42. The Morgan fingerprint density at radius 3 is 1.25 bits per heavy atom. The first-order chi connectivity index (χ1) is 7.54. The normalized spacial score (nSPS) is 10.4. The van der Waals surface area contributed by atoms with Crippen LogP contribution in [0.5, 0.6) is 11.5 Å². The minimum atomic E-state index is 0.167. The van der Waals surface area contributed by atoms with Gasteiger partial charge in [-0.3, -0.25) is 0 Å². The van der Waals surface area contributed by atoms with E-state index in [2.05, 4.69) is 0 Å². The molecule has 1 aromatic carbocycles. The number of rotatable bonds is 4. The molecule has 0 aromatic heterocycles. The zero-order valence-electron chi connectivity index (χ0n) is 8.74. The fourth-order valence-corrected chi connectivity index (χ4v) is 2.06. The van der Waals surface area contributed by atoms with Crippen molar-refractivity contribution in [1.29, 1.82) is 0 Å². The van der Waals surface area contributed by atoms with Crippen LogP contribution in [0.15, 0.2) is 0 Å². The first-order valence-electron chi connectivity index (χ1n) is 4.66. The zero-order chi connectivity index (χ0) is 12.3. The van der Waals surface area contributed by atoms with Crippen LogP contribution in [0.1, 0.15) is 13.8 Å². The Labute approximate surface area is 114 Å². The highest BCUT2D eigenvalue weighted by Gasteiger charge is 2.22. The highest BCUT2D eigenvalue weighted by molar-refractivity contribution is 6.53. The number of benzene rings is 1. The molecule has 0 spiro atoms. The van der Waals surface area contributed by atoms with E-state index in [0.717, 1.165) is 0 Å². The van der Waals surface area contributed by atoms with E-state index in [9.17, 15) is 0 Å². The smallest absolute Gasteiger partial charge is 0.182 e. The van der Waals surface area contributed by atoms with Crippen LogP contribution >= 0.6 is 46.4 Å². The van der Waals surface area contributed by atoms with Crippen molar-refractivity contribution in [1.82, 2.24) is 0 Å². The average molecular weight is 304 g/mol. The van der Waals surface area contributed by atoms with Gasteiger partial charge in [0.25, 0.3) is 0 Å². The summed E-state index contributed by atoms with van der Waals surface area (Å²) in [6.45, 7) is 4.49. The summed E-state index contributed by atoms with van der Waals surface area (Å²) in [5, 5.41) is 0.753. The molecule has 0 bridgehead atoms. The molecule has 90 valence electrons. The lowest BCUT2D eigenvalue weighted by Crippen LogP contribution is -2.00. The Bertz CT molecular complexity index is 356. The van der Waals surface area contributed by atoms with Gasteiger partial charge in [-0.05, 0) is 13.8 Å². The molecule has 0 saturated heterocycles. The van der Waals surface area contributed by atoms with Crippen molar-refractivity contribution in [2.45, 2.75) is 13.8 Å². The van der Waals surface area contributed by atoms with Gasteiger partial charge in [0, 0.05) is 0 Å². The first kappa shape index (κ1) is 14.0. The van der Waals surface area contributed by atoms with Crippen LogP contribution in [0.3, 0.4) is 0 Å². The molecule has 6 heteroatoms. The lowest BCUT2D eigenvalue weighted by atomic mass is 10.3. The molecular formula is C10H10Cl4O2. The predicted octanol–water partition coefficient (Wildman–Crippen LogP) is 5.10. The molecule has 0 unspecified atom stereocenters. The van der Waals surface area contributed by atoms with Gasteiger partial charge in [-0.2, -0.15) is 0 Å². The second-order valence-electron chi connectivity index (χ2n) is 2.78. The van der Waals surface area contributed by atoms with Crippen molar-refractivity contribution in [2.24, 2.45) is 0 Å². The van der Waals surface area contributed by atoms with Crippen LogP contribution in [-0.2, 0) is 0 Å². The SMILES string of the molecule is CCOc1c(Cl)c(Cl)c(Cl)c(Cl)c1OCC. The maximum absolute atomic E-state index is 6.01. The molecule has 0 N–H and O–H groups in total. The van der Waals surface area contributed by atoms with Crippen LogP contribution in [0.25, 0.3) is 0 Å². The summed E-state index contributed by atoms with van der Waals surface area (Å²) in [5.74, 6) is 0.649. The minimum Gasteiger partial charge on any atom is -0.488 e. The Morgan fingerprint density at radius 1 is 0.688 bits per heavy atom. The van der Waals surface area contributed by atoms with Crippen molar-refractivity contribution in [3.63, 3.8) is 0 Å². The van der Waals surface area contributed by atoms with Gasteiger partial charge in [0.2, 0.25) is 0 Å². The van der Waals surface area contributed by atoms with E-state index in [1.54, 1.807) is 0 Å². The molecule has 0 aliphatic carbocycles. The largest absolute Gasteiger partial charge is 0.488 e. The van der Waals surface area contributed by atoms with Gasteiger partial charge in [-0.15, -0.1) is 0 Å². The summed E-state index contributed by atoms with van der Waals surface area (Å²) in [6, 6.07) is 0. The maximum atomic E-state index is 6.01. The van der Waals surface area contributed by atoms with Crippen LogP contribution in [0.2, 0.25) is 20.1 Å². The van der Waals surface area contributed by atoms with Gasteiger partial charge in [0.05, 0.1) is 23.3 Å². The zero-order valence-corrected chi connectivity index (χ0v) is 11.8. The molecule has 0 saturated carbocycles. The topological polar surface area (TPSA) is 18.5 Å². The summed E-state index contributed by atoms with van der Waals surface area (Å²) in [4.78, 5) is 0. The van der Waals surface area contributed by atoms with E-state index in [0.29, 0.717) is 24.7 Å². The number of ether oxygens (including phenoxy) is 2. The third kappa shape index (κ3) is 2.62. The van der Waals surface area contributed by atoms with Gasteiger partial charge in [0.15, 0.2) is 11.5 Å². The molecule has 0 aliphatic heterocycles. The summed E-state index contributed by atoms with van der Waals surface area (Å²) in [6.07, 6.45) is 0. The predicted molar refractivity (Wildman–Crippen MR) is 68.8 cm³/mol. The van der Waals surface area contributed by atoms with Crippen molar-refractivity contribution >= 4 is 46.4 Å². The standard InChI is InChI=1S/C10H10Cl4O2/c1-3-15-9-7(13)5(11)6(12)8(14)10(9)16-4-2/h3-4H2,1-2H3. The summed E-state index contributed by atoms with van der Waals surface area (Å²) in [7, 11) is 0. The lowest BCUT2D eigenvalue weighted by Gasteiger charge is -2.16. The van der Waals surface area contributed by atoms with Crippen molar-refractivity contribution in [3.05, 3.63) is 20.1 Å². The monoisotopic (exact) mass is 302 g/mol. The first-order valence-corrected chi connectivity index (χ1v) is 6.17. The van der Waals surface area contributed by atoms with Gasteiger partial charge in [-0.1, -0.05) is 46.4 Å². The number of hydrogen-bond donors (Lipinski definition) is 0. The molecule has 0 radical (unpaired) electrons. The van der Waals surface area contributed by atoms with E-state index in [1.165, 1.54) is 0 Å². The van der Waals surface area contributed by atoms with Gasteiger partial charge >= 0.3 is 0 Å². The third-order valence-electron chi connectivity index (χ3n) is 1.76. The molecule has 0 heterocycles. The molecule has 1 aromatic rings. The Morgan fingerprint density at radius 2 is 1.00 bits per heavy atom. The number of halogens is 4. The van der Waals surface area contributed by atoms with Gasteiger partial charge < -0.3 is 9.47 Å². The van der Waals surface area contributed by atoms with E-state index < -0.39 is 0 Å². The molecule has 0 aliphatic rings. The minimum absolute atomic E-state index is 0.167. The Kier molecular flexibility index (Phi) is 5.32. The molecule has 1 rings (SSSR count). The van der Waals surface area contributed by atoms with E-state index in [4.69, 9.17) is 55.9 Å².